The number of alkyl halides is 3. The van der Waals surface area contributed by atoms with Gasteiger partial charge in [-0.15, -0.1) is 0 Å². The van der Waals surface area contributed by atoms with Gasteiger partial charge in [-0.05, 0) is 6.07 Å². The van der Waals surface area contributed by atoms with Gasteiger partial charge in [0, 0.05) is 25.2 Å². The summed E-state index contributed by atoms with van der Waals surface area (Å²) in [6, 6.07) is 3.33. The Bertz CT molecular complexity index is 851. The number of likely N-dealkylation sites (N-methyl/N-ethyl adjacent to an activating group) is 1. The predicted octanol–water partition coefficient (Wildman–Crippen LogP) is 1.87. The van der Waals surface area contributed by atoms with Gasteiger partial charge in [0.25, 0.3) is 0 Å². The van der Waals surface area contributed by atoms with Gasteiger partial charge < -0.3 is 9.42 Å². The van der Waals surface area contributed by atoms with Crippen molar-refractivity contribution in [3.63, 3.8) is 0 Å². The lowest BCUT2D eigenvalue weighted by atomic mass is 10.1. The Hall–Kier alpha value is -3.02. The van der Waals surface area contributed by atoms with E-state index in [1.165, 1.54) is 26.2 Å². The molecule has 2 aromatic rings. The van der Waals surface area contributed by atoms with Crippen LogP contribution in [0.1, 0.15) is 11.5 Å². The number of carbonyl (C=O) groups excluding carboxylic acids is 2. The maximum Gasteiger partial charge on any atom is 0.471 e. The SMILES string of the molecule is CON(Cc1ccc(-c2noc(C(F)(F)F)n2)cc1F)C(=O)C(=O)N(C)C. The number of carbonyl (C=O) groups is 2. The maximum absolute atomic E-state index is 14.3. The van der Waals surface area contributed by atoms with Crippen LogP contribution in [0, 0.1) is 5.82 Å². The van der Waals surface area contributed by atoms with Crippen molar-refractivity contribution < 1.29 is 36.5 Å². The van der Waals surface area contributed by atoms with Crippen LogP contribution in [-0.2, 0) is 27.1 Å². The van der Waals surface area contributed by atoms with E-state index in [-0.39, 0.29) is 11.1 Å². The standard InChI is InChI=1S/C15H14F4N4O4/c1-22(2)12(24)13(25)23(26-3)7-9-5-4-8(6-10(9)16)11-20-14(27-21-11)15(17,18)19/h4-6H,7H2,1-3H3. The van der Waals surface area contributed by atoms with Gasteiger partial charge in [0.05, 0.1) is 13.7 Å². The monoisotopic (exact) mass is 390 g/mol. The highest BCUT2D eigenvalue weighted by molar-refractivity contribution is 6.34. The molecule has 0 atom stereocenters. The lowest BCUT2D eigenvalue weighted by Gasteiger charge is -2.21. The molecule has 27 heavy (non-hydrogen) atoms. The number of aromatic nitrogens is 2. The third-order valence-electron chi connectivity index (χ3n) is 3.33. The number of hydroxylamine groups is 2. The van der Waals surface area contributed by atoms with Crippen molar-refractivity contribution in [1.29, 1.82) is 0 Å². The zero-order valence-corrected chi connectivity index (χ0v) is 14.4. The lowest BCUT2D eigenvalue weighted by Crippen LogP contribution is -2.41. The van der Waals surface area contributed by atoms with E-state index in [1.807, 2.05) is 0 Å². The van der Waals surface area contributed by atoms with Gasteiger partial charge in [0.2, 0.25) is 5.82 Å². The van der Waals surface area contributed by atoms with Gasteiger partial charge in [0.1, 0.15) is 5.82 Å². The highest BCUT2D eigenvalue weighted by Gasteiger charge is 2.38. The molecule has 0 spiro atoms. The average molecular weight is 390 g/mol. The molecule has 0 unspecified atom stereocenters. The molecule has 146 valence electrons. The maximum atomic E-state index is 14.3. The summed E-state index contributed by atoms with van der Waals surface area (Å²) in [4.78, 5) is 32.6. The molecule has 1 aromatic heterocycles. The van der Waals surface area contributed by atoms with Gasteiger partial charge in [-0.3, -0.25) is 14.4 Å². The third kappa shape index (κ3) is 4.58. The van der Waals surface area contributed by atoms with E-state index >= 15 is 0 Å². The van der Waals surface area contributed by atoms with Gasteiger partial charge in [0.15, 0.2) is 0 Å². The van der Waals surface area contributed by atoms with E-state index in [1.54, 1.807) is 0 Å². The Balaban J connectivity index is 2.22. The number of nitrogens with zero attached hydrogens (tertiary/aromatic N) is 4. The van der Waals surface area contributed by atoms with Gasteiger partial charge >= 0.3 is 23.9 Å². The van der Waals surface area contributed by atoms with Gasteiger partial charge in [-0.1, -0.05) is 17.3 Å². The summed E-state index contributed by atoms with van der Waals surface area (Å²) < 4.78 is 55.9. The van der Waals surface area contributed by atoms with Crippen LogP contribution in [0.5, 0.6) is 0 Å². The summed E-state index contributed by atoms with van der Waals surface area (Å²) in [6.07, 6.45) is -4.82. The molecule has 0 saturated heterocycles. The van der Waals surface area contributed by atoms with Crippen molar-refractivity contribution in [2.75, 3.05) is 21.2 Å². The molecule has 12 heteroatoms. The highest BCUT2D eigenvalue weighted by Crippen LogP contribution is 2.29. The molecule has 1 aromatic carbocycles. The number of amides is 2. The molecule has 0 aliphatic carbocycles. The molecule has 2 rings (SSSR count). The first kappa shape index (κ1) is 20.3. The van der Waals surface area contributed by atoms with E-state index in [9.17, 15) is 27.2 Å². The molecular weight excluding hydrogens is 376 g/mol. The number of rotatable bonds is 4. The fourth-order valence-electron chi connectivity index (χ4n) is 1.94. The number of benzene rings is 1. The fourth-order valence-corrected chi connectivity index (χ4v) is 1.94. The second kappa shape index (κ2) is 7.70. The van der Waals surface area contributed by atoms with Crippen LogP contribution in [0.4, 0.5) is 17.6 Å². The van der Waals surface area contributed by atoms with E-state index in [0.29, 0.717) is 5.06 Å². The Labute approximate surface area is 150 Å². The molecule has 0 aliphatic heterocycles. The Morgan fingerprint density at radius 3 is 2.37 bits per heavy atom. The molecular formula is C15H14F4N4O4. The second-order valence-electron chi connectivity index (χ2n) is 5.45. The summed E-state index contributed by atoms with van der Waals surface area (Å²) >= 11 is 0. The summed E-state index contributed by atoms with van der Waals surface area (Å²) in [5, 5.41) is 3.81. The molecule has 0 saturated carbocycles. The summed E-state index contributed by atoms with van der Waals surface area (Å²) in [7, 11) is 3.86. The average Bonchev–Trinajstić information content (AvgIpc) is 3.09. The van der Waals surface area contributed by atoms with Gasteiger partial charge in [-0.2, -0.15) is 18.2 Å². The van der Waals surface area contributed by atoms with Crippen molar-refractivity contribution in [3.05, 3.63) is 35.5 Å². The van der Waals surface area contributed by atoms with Crippen LogP contribution < -0.4 is 0 Å². The van der Waals surface area contributed by atoms with E-state index in [4.69, 9.17) is 4.84 Å². The Kier molecular flexibility index (Phi) is 5.78. The minimum atomic E-state index is -4.82. The first-order valence-electron chi connectivity index (χ1n) is 7.31. The van der Waals surface area contributed by atoms with Crippen molar-refractivity contribution >= 4 is 11.8 Å². The normalized spacial score (nSPS) is 11.4. The first-order valence-corrected chi connectivity index (χ1v) is 7.31. The third-order valence-corrected chi connectivity index (χ3v) is 3.33. The number of halogens is 4. The molecule has 2 amide bonds. The zero-order valence-electron chi connectivity index (χ0n) is 14.4. The first-order chi connectivity index (χ1) is 12.5. The van der Waals surface area contributed by atoms with Crippen LogP contribution in [0.3, 0.4) is 0 Å². The minimum Gasteiger partial charge on any atom is -0.340 e. The van der Waals surface area contributed by atoms with Crippen molar-refractivity contribution in [2.45, 2.75) is 12.7 Å². The second-order valence-corrected chi connectivity index (χ2v) is 5.45. The van der Waals surface area contributed by atoms with Crippen LogP contribution in [-0.4, -0.2) is 53.1 Å². The molecule has 0 aliphatic rings. The van der Waals surface area contributed by atoms with Crippen molar-refractivity contribution in [1.82, 2.24) is 20.1 Å². The quantitative estimate of drug-likeness (QED) is 0.450. The summed E-state index contributed by atoms with van der Waals surface area (Å²) in [5.74, 6) is -4.76. The molecule has 0 bridgehead atoms. The number of hydrogen-bond acceptors (Lipinski definition) is 6. The van der Waals surface area contributed by atoms with Crippen LogP contribution >= 0.6 is 0 Å². The molecule has 0 radical (unpaired) electrons. The molecule has 0 N–H and O–H groups in total. The molecule has 0 fully saturated rings. The highest BCUT2D eigenvalue weighted by atomic mass is 19.4. The van der Waals surface area contributed by atoms with E-state index < -0.39 is 42.1 Å². The smallest absolute Gasteiger partial charge is 0.340 e. The summed E-state index contributed by atoms with van der Waals surface area (Å²) in [5.41, 5.74) is -0.102. The van der Waals surface area contributed by atoms with Crippen molar-refractivity contribution in [3.8, 4) is 11.4 Å². The lowest BCUT2D eigenvalue weighted by molar-refractivity contribution is -0.185. The van der Waals surface area contributed by atoms with E-state index in [2.05, 4.69) is 14.7 Å². The Morgan fingerprint density at radius 1 is 1.22 bits per heavy atom. The predicted molar refractivity (Wildman–Crippen MR) is 80.9 cm³/mol. The minimum absolute atomic E-state index is 0.0416. The van der Waals surface area contributed by atoms with Crippen molar-refractivity contribution in [2.24, 2.45) is 0 Å². The Morgan fingerprint density at radius 2 is 1.89 bits per heavy atom. The number of hydrogen-bond donors (Lipinski definition) is 0. The summed E-state index contributed by atoms with van der Waals surface area (Å²) in [6.45, 7) is -0.402. The van der Waals surface area contributed by atoms with Crippen LogP contribution in [0.15, 0.2) is 22.7 Å². The van der Waals surface area contributed by atoms with Crippen LogP contribution in [0.2, 0.25) is 0 Å². The molecule has 1 heterocycles. The molecule has 8 nitrogen and oxygen atoms in total. The largest absolute Gasteiger partial charge is 0.471 e. The van der Waals surface area contributed by atoms with Gasteiger partial charge in [-0.25, -0.2) is 9.45 Å². The topological polar surface area (TPSA) is 88.8 Å². The zero-order chi connectivity index (χ0) is 20.4. The fraction of sp³-hybridized carbons (Fsp3) is 0.333. The van der Waals surface area contributed by atoms with Crippen LogP contribution in [0.25, 0.3) is 11.4 Å². The van der Waals surface area contributed by atoms with E-state index in [0.717, 1.165) is 18.1 Å².